The standard InChI is InChI=1S/C18H23N5O/c1-18(2)11-23(10-14(18)13-8-20-22(3)9-13)17(24)15-6-7-19-16(21-15)12-4-5-12/h6-9,12,14H,4-5,10-11H2,1-3H3. The number of likely N-dealkylation sites (tertiary alicyclic amines) is 1. The maximum Gasteiger partial charge on any atom is 0.272 e. The largest absolute Gasteiger partial charge is 0.336 e. The monoisotopic (exact) mass is 325 g/mol. The third kappa shape index (κ3) is 2.70. The topological polar surface area (TPSA) is 63.9 Å². The van der Waals surface area contributed by atoms with Crippen molar-refractivity contribution in [3.8, 4) is 0 Å². The Morgan fingerprint density at radius 2 is 2.12 bits per heavy atom. The van der Waals surface area contributed by atoms with E-state index < -0.39 is 0 Å². The Balaban J connectivity index is 1.56. The Bertz CT molecular complexity index is 777. The third-order valence-electron chi connectivity index (χ3n) is 5.19. The van der Waals surface area contributed by atoms with Crippen molar-refractivity contribution >= 4 is 5.91 Å². The first kappa shape index (κ1) is 15.3. The summed E-state index contributed by atoms with van der Waals surface area (Å²) >= 11 is 0. The number of rotatable bonds is 3. The van der Waals surface area contributed by atoms with Gasteiger partial charge in [0.05, 0.1) is 6.20 Å². The number of nitrogens with zero attached hydrogens (tertiary/aromatic N) is 5. The molecular weight excluding hydrogens is 302 g/mol. The van der Waals surface area contributed by atoms with Gasteiger partial charge in [-0.3, -0.25) is 9.48 Å². The average molecular weight is 325 g/mol. The molecule has 1 aliphatic carbocycles. The van der Waals surface area contributed by atoms with E-state index >= 15 is 0 Å². The zero-order valence-electron chi connectivity index (χ0n) is 14.4. The smallest absolute Gasteiger partial charge is 0.272 e. The van der Waals surface area contributed by atoms with E-state index in [0.29, 0.717) is 24.1 Å². The van der Waals surface area contributed by atoms with Crippen LogP contribution in [0.4, 0.5) is 0 Å². The summed E-state index contributed by atoms with van der Waals surface area (Å²) in [4.78, 5) is 23.7. The van der Waals surface area contributed by atoms with Gasteiger partial charge in [-0.25, -0.2) is 9.97 Å². The van der Waals surface area contributed by atoms with Crippen molar-refractivity contribution in [1.29, 1.82) is 0 Å². The minimum absolute atomic E-state index is 0.0127. The minimum Gasteiger partial charge on any atom is -0.336 e. The number of hydrogen-bond donors (Lipinski definition) is 0. The van der Waals surface area contributed by atoms with Crippen molar-refractivity contribution in [1.82, 2.24) is 24.6 Å². The summed E-state index contributed by atoms with van der Waals surface area (Å²) in [6.45, 7) is 5.87. The van der Waals surface area contributed by atoms with Crippen LogP contribution in [0.15, 0.2) is 24.7 Å². The lowest BCUT2D eigenvalue weighted by Gasteiger charge is -2.24. The first-order chi connectivity index (χ1) is 11.4. The predicted molar refractivity (Wildman–Crippen MR) is 89.6 cm³/mol. The number of aryl methyl sites for hydroxylation is 1. The van der Waals surface area contributed by atoms with Gasteiger partial charge < -0.3 is 4.90 Å². The second-order valence-electron chi connectivity index (χ2n) is 7.75. The quantitative estimate of drug-likeness (QED) is 0.869. The molecule has 2 aliphatic rings. The summed E-state index contributed by atoms with van der Waals surface area (Å²) in [6.07, 6.45) is 7.95. The van der Waals surface area contributed by atoms with E-state index in [-0.39, 0.29) is 11.3 Å². The molecule has 1 atom stereocenters. The van der Waals surface area contributed by atoms with Crippen molar-refractivity contribution < 1.29 is 4.79 Å². The fourth-order valence-electron chi connectivity index (χ4n) is 3.66. The highest BCUT2D eigenvalue weighted by atomic mass is 16.2. The first-order valence-electron chi connectivity index (χ1n) is 8.55. The molecular formula is C18H23N5O. The molecule has 1 saturated carbocycles. The van der Waals surface area contributed by atoms with Crippen LogP contribution in [0.2, 0.25) is 0 Å². The maximum atomic E-state index is 12.9. The Morgan fingerprint density at radius 3 is 2.79 bits per heavy atom. The van der Waals surface area contributed by atoms with Gasteiger partial charge in [0.1, 0.15) is 11.5 Å². The van der Waals surface area contributed by atoms with Crippen LogP contribution < -0.4 is 0 Å². The zero-order valence-corrected chi connectivity index (χ0v) is 14.4. The van der Waals surface area contributed by atoms with Gasteiger partial charge in [0.15, 0.2) is 0 Å². The molecule has 1 unspecified atom stereocenters. The van der Waals surface area contributed by atoms with E-state index in [4.69, 9.17) is 0 Å². The molecule has 3 heterocycles. The minimum atomic E-state index is 0.0127. The van der Waals surface area contributed by atoms with Crippen LogP contribution in [-0.2, 0) is 7.05 Å². The van der Waals surface area contributed by atoms with Crippen molar-refractivity contribution in [3.05, 3.63) is 41.7 Å². The summed E-state index contributed by atoms with van der Waals surface area (Å²) in [6, 6.07) is 1.73. The molecule has 2 aromatic rings. The summed E-state index contributed by atoms with van der Waals surface area (Å²) < 4.78 is 1.82. The second kappa shape index (κ2) is 5.40. The normalized spacial score (nSPS) is 22.8. The molecule has 1 saturated heterocycles. The van der Waals surface area contributed by atoms with E-state index in [2.05, 4.69) is 35.1 Å². The lowest BCUT2D eigenvalue weighted by molar-refractivity contribution is 0.0771. The SMILES string of the molecule is Cn1cc(C2CN(C(=O)c3ccnc(C4CC4)n3)CC2(C)C)cn1. The van der Waals surface area contributed by atoms with Crippen molar-refractivity contribution in [2.75, 3.05) is 13.1 Å². The van der Waals surface area contributed by atoms with Crippen LogP contribution in [0.1, 0.15) is 60.4 Å². The Morgan fingerprint density at radius 1 is 1.33 bits per heavy atom. The van der Waals surface area contributed by atoms with Crippen LogP contribution in [0.5, 0.6) is 0 Å². The molecule has 24 heavy (non-hydrogen) atoms. The molecule has 0 bridgehead atoms. The first-order valence-corrected chi connectivity index (χ1v) is 8.55. The number of hydrogen-bond acceptors (Lipinski definition) is 4. The van der Waals surface area contributed by atoms with Crippen LogP contribution >= 0.6 is 0 Å². The fraction of sp³-hybridized carbons (Fsp3) is 0.556. The summed E-state index contributed by atoms with van der Waals surface area (Å²) in [5.74, 6) is 1.58. The summed E-state index contributed by atoms with van der Waals surface area (Å²) in [5.41, 5.74) is 1.74. The van der Waals surface area contributed by atoms with Crippen LogP contribution in [0.25, 0.3) is 0 Å². The highest BCUT2D eigenvalue weighted by molar-refractivity contribution is 5.92. The molecule has 6 nitrogen and oxygen atoms in total. The Labute approximate surface area is 141 Å². The molecule has 1 amide bonds. The van der Waals surface area contributed by atoms with Gasteiger partial charge in [0, 0.05) is 44.4 Å². The average Bonchev–Trinajstić information content (AvgIpc) is 3.25. The van der Waals surface area contributed by atoms with E-state index in [0.717, 1.165) is 25.2 Å². The third-order valence-corrected chi connectivity index (χ3v) is 5.19. The van der Waals surface area contributed by atoms with Crippen molar-refractivity contribution in [3.63, 3.8) is 0 Å². The maximum absolute atomic E-state index is 12.9. The lowest BCUT2D eigenvalue weighted by atomic mass is 9.79. The molecule has 2 fully saturated rings. The number of aromatic nitrogens is 4. The number of carbonyl (C=O) groups is 1. The van der Waals surface area contributed by atoms with Gasteiger partial charge in [0.2, 0.25) is 0 Å². The molecule has 4 rings (SSSR count). The highest BCUT2D eigenvalue weighted by Crippen LogP contribution is 2.42. The van der Waals surface area contributed by atoms with Crippen LogP contribution in [0, 0.1) is 5.41 Å². The van der Waals surface area contributed by atoms with E-state index in [1.807, 2.05) is 22.8 Å². The molecule has 1 aliphatic heterocycles. The molecule has 0 N–H and O–H groups in total. The number of carbonyl (C=O) groups excluding carboxylic acids is 1. The molecule has 0 aromatic carbocycles. The second-order valence-corrected chi connectivity index (χ2v) is 7.75. The van der Waals surface area contributed by atoms with Crippen LogP contribution in [0.3, 0.4) is 0 Å². The van der Waals surface area contributed by atoms with Crippen molar-refractivity contribution in [2.45, 2.75) is 38.5 Å². The highest BCUT2D eigenvalue weighted by Gasteiger charge is 2.43. The van der Waals surface area contributed by atoms with E-state index in [1.165, 1.54) is 5.56 Å². The summed E-state index contributed by atoms with van der Waals surface area (Å²) in [7, 11) is 1.93. The molecule has 0 spiro atoms. The van der Waals surface area contributed by atoms with Gasteiger partial charge in [-0.1, -0.05) is 13.8 Å². The van der Waals surface area contributed by atoms with Gasteiger partial charge in [0.25, 0.3) is 5.91 Å². The van der Waals surface area contributed by atoms with Crippen LogP contribution in [-0.4, -0.2) is 43.6 Å². The summed E-state index contributed by atoms with van der Waals surface area (Å²) in [5, 5.41) is 4.29. The molecule has 126 valence electrons. The molecule has 0 radical (unpaired) electrons. The van der Waals surface area contributed by atoms with Gasteiger partial charge in [-0.2, -0.15) is 5.10 Å². The lowest BCUT2D eigenvalue weighted by Crippen LogP contribution is -2.31. The molecule has 2 aromatic heterocycles. The zero-order chi connectivity index (χ0) is 16.9. The molecule has 6 heteroatoms. The Kier molecular flexibility index (Phi) is 3.44. The Hall–Kier alpha value is -2.24. The van der Waals surface area contributed by atoms with Crippen molar-refractivity contribution in [2.24, 2.45) is 12.5 Å². The van der Waals surface area contributed by atoms with Gasteiger partial charge >= 0.3 is 0 Å². The fourth-order valence-corrected chi connectivity index (χ4v) is 3.66. The number of amides is 1. The van der Waals surface area contributed by atoms with Gasteiger partial charge in [-0.05, 0) is 29.9 Å². The van der Waals surface area contributed by atoms with Gasteiger partial charge in [-0.15, -0.1) is 0 Å². The van der Waals surface area contributed by atoms with E-state index in [1.54, 1.807) is 12.3 Å². The van der Waals surface area contributed by atoms with E-state index in [9.17, 15) is 4.79 Å². The predicted octanol–water partition coefficient (Wildman–Crippen LogP) is 2.35.